The minimum absolute atomic E-state index is 0.0305. The summed E-state index contributed by atoms with van der Waals surface area (Å²) in [6.45, 7) is 4.94. The number of hydrogen-bond acceptors (Lipinski definition) is 9. The van der Waals surface area contributed by atoms with E-state index in [4.69, 9.17) is 14.2 Å². The van der Waals surface area contributed by atoms with E-state index in [1.165, 1.54) is 6.21 Å². The lowest BCUT2D eigenvalue weighted by atomic mass is 10.1. The van der Waals surface area contributed by atoms with Gasteiger partial charge >= 0.3 is 0 Å². The number of anilines is 1. The molecule has 0 saturated carbocycles. The SMILES string of the molecule is CCOc1cc(/C=N/NC(=O)Cc2nnc(NC(=O)c3ccccc3C)s2)ccc1OCCOc1ccccc1. The Balaban J connectivity index is 1.25. The third-order valence-electron chi connectivity index (χ3n) is 5.41. The summed E-state index contributed by atoms with van der Waals surface area (Å²) >= 11 is 1.13. The van der Waals surface area contributed by atoms with Crippen molar-refractivity contribution in [2.45, 2.75) is 20.3 Å². The number of carbonyl (C=O) groups is 2. The smallest absolute Gasteiger partial charge is 0.257 e. The Labute approximate surface area is 236 Å². The van der Waals surface area contributed by atoms with E-state index in [1.807, 2.05) is 56.3 Å². The average Bonchev–Trinajstić information content (AvgIpc) is 3.39. The van der Waals surface area contributed by atoms with E-state index in [9.17, 15) is 9.59 Å². The Hall–Kier alpha value is -4.77. The summed E-state index contributed by atoms with van der Waals surface area (Å²) < 4.78 is 17.2. The number of aromatic nitrogens is 2. The third-order valence-corrected chi connectivity index (χ3v) is 6.25. The van der Waals surface area contributed by atoms with Crippen LogP contribution in [0.5, 0.6) is 17.2 Å². The van der Waals surface area contributed by atoms with Gasteiger partial charge in [0.05, 0.1) is 19.2 Å². The number of para-hydroxylation sites is 1. The number of ether oxygens (including phenoxy) is 3. The molecule has 0 atom stereocenters. The van der Waals surface area contributed by atoms with Crippen molar-refractivity contribution in [1.29, 1.82) is 0 Å². The van der Waals surface area contributed by atoms with Gasteiger partial charge in [0.1, 0.15) is 24.0 Å². The van der Waals surface area contributed by atoms with Crippen LogP contribution < -0.4 is 25.0 Å². The van der Waals surface area contributed by atoms with Gasteiger partial charge in [0.25, 0.3) is 5.91 Å². The number of benzene rings is 3. The van der Waals surface area contributed by atoms with Crippen molar-refractivity contribution in [3.05, 3.63) is 94.5 Å². The number of hydrazone groups is 1. The van der Waals surface area contributed by atoms with Crippen molar-refractivity contribution in [1.82, 2.24) is 15.6 Å². The zero-order valence-electron chi connectivity index (χ0n) is 22.1. The number of nitrogens with zero attached hydrogens (tertiary/aromatic N) is 3. The number of carbonyl (C=O) groups excluding carboxylic acids is 2. The van der Waals surface area contributed by atoms with Gasteiger partial charge in [-0.2, -0.15) is 5.10 Å². The monoisotopic (exact) mass is 559 g/mol. The molecular formula is C29H29N5O5S. The van der Waals surface area contributed by atoms with Crippen LogP contribution in [0.4, 0.5) is 5.13 Å². The van der Waals surface area contributed by atoms with Gasteiger partial charge in [0, 0.05) is 5.56 Å². The highest BCUT2D eigenvalue weighted by Gasteiger charge is 2.14. The average molecular weight is 560 g/mol. The van der Waals surface area contributed by atoms with Gasteiger partial charge in [-0.25, -0.2) is 5.43 Å². The Kier molecular flexibility index (Phi) is 10.2. The summed E-state index contributed by atoms with van der Waals surface area (Å²) in [6.07, 6.45) is 1.48. The van der Waals surface area contributed by atoms with Crippen LogP contribution in [0.15, 0.2) is 77.9 Å². The Morgan fingerprint density at radius 2 is 1.70 bits per heavy atom. The van der Waals surface area contributed by atoms with Gasteiger partial charge < -0.3 is 14.2 Å². The molecule has 0 saturated heterocycles. The second-order valence-corrected chi connectivity index (χ2v) is 9.45. The lowest BCUT2D eigenvalue weighted by molar-refractivity contribution is -0.120. The highest BCUT2D eigenvalue weighted by molar-refractivity contribution is 7.15. The van der Waals surface area contributed by atoms with Crippen molar-refractivity contribution in [3.63, 3.8) is 0 Å². The van der Waals surface area contributed by atoms with E-state index >= 15 is 0 Å². The second kappa shape index (κ2) is 14.4. The van der Waals surface area contributed by atoms with Crippen LogP contribution in [0.25, 0.3) is 0 Å². The van der Waals surface area contributed by atoms with E-state index < -0.39 is 0 Å². The molecular weight excluding hydrogens is 530 g/mol. The number of nitrogens with one attached hydrogen (secondary N) is 2. The van der Waals surface area contributed by atoms with Gasteiger partial charge in [-0.1, -0.05) is 47.7 Å². The zero-order chi connectivity index (χ0) is 28.2. The van der Waals surface area contributed by atoms with E-state index in [-0.39, 0.29) is 18.2 Å². The van der Waals surface area contributed by atoms with Crippen LogP contribution in [0.2, 0.25) is 0 Å². The fraction of sp³-hybridized carbons (Fsp3) is 0.207. The molecule has 1 heterocycles. The normalized spacial score (nSPS) is 10.8. The summed E-state index contributed by atoms with van der Waals surface area (Å²) in [6, 6.07) is 22.1. The molecule has 2 amide bonds. The third kappa shape index (κ3) is 8.37. The van der Waals surface area contributed by atoms with Crippen molar-refractivity contribution in [2.75, 3.05) is 25.1 Å². The minimum atomic E-state index is -0.368. The van der Waals surface area contributed by atoms with Crippen LogP contribution in [-0.2, 0) is 11.2 Å². The first-order valence-electron chi connectivity index (χ1n) is 12.6. The van der Waals surface area contributed by atoms with Crippen LogP contribution in [0, 0.1) is 6.92 Å². The number of aryl methyl sites for hydroxylation is 1. The number of amides is 2. The maximum absolute atomic E-state index is 12.5. The summed E-state index contributed by atoms with van der Waals surface area (Å²) in [5.41, 5.74) is 4.60. The molecule has 0 bridgehead atoms. The fourth-order valence-corrected chi connectivity index (χ4v) is 4.28. The first kappa shape index (κ1) is 28.2. The van der Waals surface area contributed by atoms with Crippen LogP contribution >= 0.6 is 11.3 Å². The zero-order valence-corrected chi connectivity index (χ0v) is 22.9. The van der Waals surface area contributed by atoms with E-state index in [0.29, 0.717) is 52.6 Å². The van der Waals surface area contributed by atoms with Crippen molar-refractivity contribution >= 4 is 34.5 Å². The van der Waals surface area contributed by atoms with Crippen LogP contribution in [0.1, 0.15) is 33.4 Å². The number of rotatable bonds is 13. The Morgan fingerprint density at radius 1 is 0.925 bits per heavy atom. The molecule has 0 unspecified atom stereocenters. The molecule has 0 aliphatic rings. The molecule has 0 fully saturated rings. The highest BCUT2D eigenvalue weighted by Crippen LogP contribution is 2.28. The molecule has 0 aliphatic carbocycles. The summed E-state index contributed by atoms with van der Waals surface area (Å²) in [7, 11) is 0. The Bertz CT molecular complexity index is 1460. The van der Waals surface area contributed by atoms with Crippen molar-refractivity contribution < 1.29 is 23.8 Å². The van der Waals surface area contributed by atoms with Crippen molar-refractivity contribution in [2.24, 2.45) is 5.10 Å². The predicted octanol–water partition coefficient (Wildman–Crippen LogP) is 4.65. The van der Waals surface area contributed by atoms with Gasteiger partial charge in [-0.3, -0.25) is 14.9 Å². The predicted molar refractivity (Wildman–Crippen MR) is 154 cm³/mol. The molecule has 2 N–H and O–H groups in total. The van der Waals surface area contributed by atoms with Gasteiger partial charge in [-0.05, 0) is 61.4 Å². The lowest BCUT2D eigenvalue weighted by Crippen LogP contribution is -2.19. The molecule has 0 radical (unpaired) electrons. The minimum Gasteiger partial charge on any atom is -0.490 e. The molecule has 0 aliphatic heterocycles. The van der Waals surface area contributed by atoms with Crippen LogP contribution in [0.3, 0.4) is 0 Å². The molecule has 40 heavy (non-hydrogen) atoms. The topological polar surface area (TPSA) is 124 Å². The summed E-state index contributed by atoms with van der Waals surface area (Å²) in [4.78, 5) is 24.8. The maximum Gasteiger partial charge on any atom is 0.257 e. The van der Waals surface area contributed by atoms with E-state index in [2.05, 4.69) is 26.0 Å². The largest absolute Gasteiger partial charge is 0.490 e. The van der Waals surface area contributed by atoms with E-state index in [1.54, 1.807) is 30.3 Å². The molecule has 4 rings (SSSR count). The molecule has 0 spiro atoms. The highest BCUT2D eigenvalue weighted by atomic mass is 32.1. The molecule has 1 aromatic heterocycles. The van der Waals surface area contributed by atoms with Crippen LogP contribution in [-0.4, -0.2) is 48.0 Å². The first-order valence-corrected chi connectivity index (χ1v) is 13.4. The molecule has 3 aromatic carbocycles. The molecule has 4 aromatic rings. The lowest BCUT2D eigenvalue weighted by Gasteiger charge is -2.13. The summed E-state index contributed by atoms with van der Waals surface area (Å²) in [5.74, 6) is 1.28. The molecule has 206 valence electrons. The molecule has 11 heteroatoms. The second-order valence-electron chi connectivity index (χ2n) is 8.39. The van der Waals surface area contributed by atoms with Gasteiger partial charge in [0.15, 0.2) is 11.5 Å². The maximum atomic E-state index is 12.5. The van der Waals surface area contributed by atoms with Gasteiger partial charge in [-0.15, -0.1) is 10.2 Å². The van der Waals surface area contributed by atoms with Crippen molar-refractivity contribution in [3.8, 4) is 17.2 Å². The summed E-state index contributed by atoms with van der Waals surface area (Å²) in [5, 5.41) is 15.4. The fourth-order valence-electron chi connectivity index (χ4n) is 3.54. The quantitative estimate of drug-likeness (QED) is 0.139. The Morgan fingerprint density at radius 3 is 2.50 bits per heavy atom. The number of hydrogen-bond donors (Lipinski definition) is 2. The first-order chi connectivity index (χ1) is 19.5. The van der Waals surface area contributed by atoms with E-state index in [0.717, 1.165) is 22.6 Å². The molecule has 10 nitrogen and oxygen atoms in total. The standard InChI is InChI=1S/C29H29N5O5S/c1-3-37-25-17-21(13-14-24(25)39-16-15-38-22-10-5-4-6-11-22)19-30-32-26(35)18-27-33-34-29(40-27)31-28(36)23-12-8-7-9-20(23)2/h4-14,17,19H,3,15-16,18H2,1-2H3,(H,32,35)(H,31,34,36)/b30-19+. The van der Waals surface area contributed by atoms with Gasteiger partial charge in [0.2, 0.25) is 11.0 Å².